The van der Waals surface area contributed by atoms with Crippen LogP contribution in [0.3, 0.4) is 0 Å². The van der Waals surface area contributed by atoms with Gasteiger partial charge in [-0.1, -0.05) is 34.1 Å². The Balaban J connectivity index is 2.27. The third-order valence-corrected chi connectivity index (χ3v) is 4.17. The lowest BCUT2D eigenvalue weighted by Crippen LogP contribution is -2.10. The Bertz CT molecular complexity index is 594. The lowest BCUT2D eigenvalue weighted by atomic mass is 10.3. The Labute approximate surface area is 109 Å². The van der Waals surface area contributed by atoms with E-state index in [4.69, 9.17) is 4.78 Å². The first-order valence-electron chi connectivity index (χ1n) is 4.95. The molecule has 2 N–H and O–H groups in total. The molecule has 1 atom stereocenters. The molecule has 1 unspecified atom stereocenters. The van der Waals surface area contributed by atoms with Crippen LogP contribution in [0.2, 0.25) is 0 Å². The second kappa shape index (κ2) is 4.89. The zero-order valence-electron chi connectivity index (χ0n) is 8.89. The summed E-state index contributed by atoms with van der Waals surface area (Å²) in [4.78, 5) is 0.475. The van der Waals surface area contributed by atoms with E-state index in [0.717, 1.165) is 4.47 Å². The molecule has 0 fully saturated rings. The van der Waals surface area contributed by atoms with Crippen molar-refractivity contribution in [1.29, 1.82) is 4.78 Å². The van der Waals surface area contributed by atoms with Crippen molar-refractivity contribution in [1.82, 2.24) is 0 Å². The van der Waals surface area contributed by atoms with Gasteiger partial charge in [0.1, 0.15) is 0 Å². The molecular weight excluding hydrogens is 300 g/mol. The molecule has 17 heavy (non-hydrogen) atoms. The maximum absolute atomic E-state index is 12.2. The van der Waals surface area contributed by atoms with Crippen LogP contribution >= 0.6 is 15.9 Å². The van der Waals surface area contributed by atoms with Gasteiger partial charge in [0.2, 0.25) is 0 Å². The van der Waals surface area contributed by atoms with Crippen molar-refractivity contribution < 1.29 is 4.21 Å². The summed E-state index contributed by atoms with van der Waals surface area (Å²) in [7, 11) is -2.99. The van der Waals surface area contributed by atoms with Gasteiger partial charge < -0.3 is 0 Å². The predicted molar refractivity (Wildman–Crippen MR) is 73.3 cm³/mol. The molecule has 0 aliphatic rings. The van der Waals surface area contributed by atoms with Gasteiger partial charge in [-0.15, -0.1) is 0 Å². The van der Waals surface area contributed by atoms with Gasteiger partial charge in [-0.05, 0) is 36.4 Å². The molecule has 0 saturated carbocycles. The Morgan fingerprint density at radius 2 is 1.59 bits per heavy atom. The molecule has 0 spiro atoms. The smallest absolute Gasteiger partial charge is 0.156 e. The van der Waals surface area contributed by atoms with E-state index in [-0.39, 0.29) is 0 Å². The van der Waals surface area contributed by atoms with Crippen molar-refractivity contribution >= 4 is 31.5 Å². The molecule has 88 valence electrons. The molecule has 0 aromatic heterocycles. The van der Waals surface area contributed by atoms with Gasteiger partial charge in [-0.3, -0.25) is 4.72 Å². The summed E-state index contributed by atoms with van der Waals surface area (Å²) >= 11 is 3.32. The fraction of sp³-hybridized carbons (Fsp3) is 0. The first kappa shape index (κ1) is 12.1. The summed E-state index contributed by atoms with van der Waals surface area (Å²) < 4.78 is 23.7. The number of anilines is 1. The summed E-state index contributed by atoms with van der Waals surface area (Å²) in [5, 5.41) is 0. The summed E-state index contributed by atoms with van der Waals surface area (Å²) in [5.74, 6) is 0. The van der Waals surface area contributed by atoms with Crippen LogP contribution in [0.15, 0.2) is 64.0 Å². The van der Waals surface area contributed by atoms with Crippen molar-refractivity contribution in [3.8, 4) is 0 Å². The minimum Gasteiger partial charge on any atom is -0.295 e. The molecule has 2 aromatic rings. The van der Waals surface area contributed by atoms with Gasteiger partial charge in [0.05, 0.1) is 4.90 Å². The van der Waals surface area contributed by atoms with E-state index in [2.05, 4.69) is 20.7 Å². The van der Waals surface area contributed by atoms with Gasteiger partial charge in [0.15, 0.2) is 9.92 Å². The third kappa shape index (κ3) is 3.08. The van der Waals surface area contributed by atoms with Crippen LogP contribution in [0.4, 0.5) is 5.69 Å². The average Bonchev–Trinajstić information content (AvgIpc) is 2.33. The number of benzene rings is 2. The normalized spacial score (nSPS) is 13.9. The number of nitrogens with one attached hydrogen (secondary N) is 2. The van der Waals surface area contributed by atoms with Gasteiger partial charge in [-0.2, -0.15) is 0 Å². The summed E-state index contributed by atoms with van der Waals surface area (Å²) in [6.07, 6.45) is 0. The highest BCUT2D eigenvalue weighted by atomic mass is 79.9. The quantitative estimate of drug-likeness (QED) is 0.888. The fourth-order valence-electron chi connectivity index (χ4n) is 1.35. The highest BCUT2D eigenvalue weighted by Gasteiger charge is 2.08. The van der Waals surface area contributed by atoms with E-state index in [9.17, 15) is 4.21 Å². The van der Waals surface area contributed by atoms with Crippen molar-refractivity contribution in [2.45, 2.75) is 4.90 Å². The van der Waals surface area contributed by atoms with E-state index in [1.54, 1.807) is 36.4 Å². The minimum atomic E-state index is -2.99. The molecule has 2 rings (SSSR count). The molecule has 0 aliphatic heterocycles. The van der Waals surface area contributed by atoms with E-state index in [1.165, 1.54) is 0 Å². The first-order chi connectivity index (χ1) is 8.08. The highest BCUT2D eigenvalue weighted by Crippen LogP contribution is 2.18. The van der Waals surface area contributed by atoms with Crippen LogP contribution in [-0.2, 0) is 9.92 Å². The van der Waals surface area contributed by atoms with Crippen LogP contribution in [0.25, 0.3) is 0 Å². The molecule has 0 radical (unpaired) electrons. The van der Waals surface area contributed by atoms with Crippen molar-refractivity contribution in [3.63, 3.8) is 0 Å². The Kier molecular flexibility index (Phi) is 3.49. The number of rotatable bonds is 3. The molecule has 0 aliphatic carbocycles. The van der Waals surface area contributed by atoms with Gasteiger partial charge in [0.25, 0.3) is 0 Å². The second-order valence-corrected chi connectivity index (χ2v) is 6.18. The van der Waals surface area contributed by atoms with Gasteiger partial charge >= 0.3 is 0 Å². The van der Waals surface area contributed by atoms with Crippen LogP contribution in [0.1, 0.15) is 0 Å². The van der Waals surface area contributed by atoms with E-state index >= 15 is 0 Å². The lowest BCUT2D eigenvalue weighted by molar-refractivity contribution is 0.678. The standard InChI is InChI=1S/C12H11BrN2OS/c13-10-6-8-11(9-7-10)15-17(14,16)12-4-2-1-3-5-12/h1-9H,(H2,14,15,16). The number of hydrogen-bond acceptors (Lipinski definition) is 2. The fourth-order valence-corrected chi connectivity index (χ4v) is 2.75. The second-order valence-electron chi connectivity index (χ2n) is 3.48. The molecule has 0 amide bonds. The zero-order chi connectivity index (χ0) is 12.3. The zero-order valence-corrected chi connectivity index (χ0v) is 11.3. The molecule has 3 nitrogen and oxygen atoms in total. The lowest BCUT2D eigenvalue weighted by Gasteiger charge is -2.10. The molecular formula is C12H11BrN2OS. The van der Waals surface area contributed by atoms with E-state index < -0.39 is 9.92 Å². The monoisotopic (exact) mass is 310 g/mol. The van der Waals surface area contributed by atoms with Crippen LogP contribution < -0.4 is 4.72 Å². The molecule has 2 aromatic carbocycles. The van der Waals surface area contributed by atoms with Gasteiger partial charge in [-0.25, -0.2) is 8.99 Å². The number of hydrogen-bond donors (Lipinski definition) is 2. The van der Waals surface area contributed by atoms with Crippen molar-refractivity contribution in [2.24, 2.45) is 0 Å². The number of halogens is 1. The summed E-state index contributed by atoms with van der Waals surface area (Å²) in [6, 6.07) is 16.0. The predicted octanol–water partition coefficient (Wildman–Crippen LogP) is 3.88. The minimum absolute atomic E-state index is 0.475. The SMILES string of the molecule is N=S(=O)(Nc1ccc(Br)cc1)c1ccccc1. The Hall–Kier alpha value is -1.33. The molecule has 5 heteroatoms. The topological polar surface area (TPSA) is 53.0 Å². The molecule has 0 heterocycles. The van der Waals surface area contributed by atoms with Gasteiger partial charge in [0, 0.05) is 10.2 Å². The maximum Gasteiger partial charge on any atom is 0.156 e. The molecule has 0 bridgehead atoms. The van der Waals surface area contributed by atoms with E-state index in [0.29, 0.717) is 10.6 Å². The van der Waals surface area contributed by atoms with Crippen LogP contribution in [-0.4, -0.2) is 4.21 Å². The average molecular weight is 311 g/mol. The third-order valence-electron chi connectivity index (χ3n) is 2.18. The first-order valence-corrected chi connectivity index (χ1v) is 7.30. The Morgan fingerprint density at radius 1 is 1.00 bits per heavy atom. The summed E-state index contributed by atoms with van der Waals surface area (Å²) in [6.45, 7) is 0. The maximum atomic E-state index is 12.2. The van der Waals surface area contributed by atoms with Crippen LogP contribution in [0, 0.1) is 4.78 Å². The Morgan fingerprint density at radius 3 is 2.18 bits per heavy atom. The van der Waals surface area contributed by atoms with Crippen molar-refractivity contribution in [3.05, 3.63) is 59.1 Å². The summed E-state index contributed by atoms with van der Waals surface area (Å²) in [5.41, 5.74) is 0.664. The highest BCUT2D eigenvalue weighted by molar-refractivity contribution is 9.10. The molecule has 0 saturated heterocycles. The van der Waals surface area contributed by atoms with Crippen LogP contribution in [0.5, 0.6) is 0 Å². The van der Waals surface area contributed by atoms with Crippen molar-refractivity contribution in [2.75, 3.05) is 4.72 Å². The largest absolute Gasteiger partial charge is 0.295 e. The van der Waals surface area contributed by atoms with E-state index in [1.807, 2.05) is 18.2 Å².